The van der Waals surface area contributed by atoms with Gasteiger partial charge >= 0.3 is 0 Å². The van der Waals surface area contributed by atoms with Crippen LogP contribution in [0, 0.1) is 12.7 Å². The Labute approximate surface area is 158 Å². The maximum Gasteiger partial charge on any atom is 0.243 e. The van der Waals surface area contributed by atoms with Crippen molar-refractivity contribution in [1.29, 1.82) is 0 Å². The lowest BCUT2D eigenvalue weighted by molar-refractivity contribution is -0.126. The van der Waals surface area contributed by atoms with E-state index in [1.54, 1.807) is 26.1 Å². The second-order valence-electron chi connectivity index (χ2n) is 5.97. The molecule has 7 heteroatoms. The number of benzene rings is 2. The number of likely N-dealkylation sites (N-methyl/N-ethyl adjacent to an activating group) is 1. The molecule has 2 rings (SSSR count). The van der Waals surface area contributed by atoms with E-state index in [1.165, 1.54) is 19.2 Å². The fourth-order valence-electron chi connectivity index (χ4n) is 2.65. The molecule has 0 aromatic heterocycles. The Kier molecular flexibility index (Phi) is 7.45. The molecular formula is C20H24FN3O3. The van der Waals surface area contributed by atoms with Crippen molar-refractivity contribution < 1.29 is 18.9 Å². The number of hydroxylamine groups is 1. The molecule has 1 unspecified atom stereocenters. The van der Waals surface area contributed by atoms with Gasteiger partial charge in [-0.3, -0.25) is 4.79 Å². The predicted molar refractivity (Wildman–Crippen MR) is 102 cm³/mol. The molecular weight excluding hydrogens is 349 g/mol. The molecule has 2 aromatic carbocycles. The lowest BCUT2D eigenvalue weighted by Gasteiger charge is -2.20. The summed E-state index contributed by atoms with van der Waals surface area (Å²) < 4.78 is 13.0. The second-order valence-corrected chi connectivity index (χ2v) is 5.97. The first-order valence-electron chi connectivity index (χ1n) is 8.49. The highest BCUT2D eigenvalue weighted by Crippen LogP contribution is 2.23. The van der Waals surface area contributed by atoms with Crippen LogP contribution in [-0.4, -0.2) is 25.8 Å². The van der Waals surface area contributed by atoms with Crippen molar-refractivity contribution in [2.45, 2.75) is 26.5 Å². The molecule has 0 heterocycles. The summed E-state index contributed by atoms with van der Waals surface area (Å²) in [5, 5.41) is 6.73. The minimum atomic E-state index is -0.680. The van der Waals surface area contributed by atoms with Crippen molar-refractivity contribution in [3.05, 3.63) is 70.5 Å². The molecule has 0 saturated heterocycles. The third-order valence-corrected chi connectivity index (χ3v) is 4.17. The van der Waals surface area contributed by atoms with Crippen molar-refractivity contribution in [3.63, 3.8) is 0 Å². The van der Waals surface area contributed by atoms with Crippen LogP contribution in [0.15, 0.2) is 47.6 Å². The molecule has 2 N–H and O–H groups in total. The number of hydrogen-bond donors (Lipinski definition) is 2. The number of amides is 1. The maximum absolute atomic E-state index is 13.0. The Hall–Kier alpha value is -2.77. The van der Waals surface area contributed by atoms with E-state index in [-0.39, 0.29) is 18.3 Å². The van der Waals surface area contributed by atoms with Crippen molar-refractivity contribution >= 4 is 11.6 Å². The Morgan fingerprint density at radius 2 is 1.93 bits per heavy atom. The topological polar surface area (TPSA) is 72.0 Å². The highest BCUT2D eigenvalue weighted by atomic mass is 19.1. The summed E-state index contributed by atoms with van der Waals surface area (Å²) in [6.07, 6.45) is 0. The third-order valence-electron chi connectivity index (χ3n) is 4.17. The fraction of sp³-hybridized carbons (Fsp3) is 0.300. The average molecular weight is 373 g/mol. The first-order valence-corrected chi connectivity index (χ1v) is 8.49. The average Bonchev–Trinajstić information content (AvgIpc) is 2.67. The zero-order valence-corrected chi connectivity index (χ0v) is 15.9. The molecule has 6 nitrogen and oxygen atoms in total. The lowest BCUT2D eigenvalue weighted by Crippen LogP contribution is -2.36. The zero-order chi connectivity index (χ0) is 19.8. The summed E-state index contributed by atoms with van der Waals surface area (Å²) in [5.74, 6) is -0.530. The second kappa shape index (κ2) is 9.80. The number of oxime groups is 1. The van der Waals surface area contributed by atoms with Crippen LogP contribution >= 0.6 is 0 Å². The molecule has 27 heavy (non-hydrogen) atoms. The molecule has 1 atom stereocenters. The monoisotopic (exact) mass is 373 g/mol. The number of carbonyl (C=O) groups is 1. The smallest absolute Gasteiger partial charge is 0.243 e. The van der Waals surface area contributed by atoms with Crippen molar-refractivity contribution in [2.75, 3.05) is 14.2 Å². The molecule has 0 aliphatic rings. The third kappa shape index (κ3) is 5.35. The summed E-state index contributed by atoms with van der Waals surface area (Å²) in [5.41, 5.74) is 6.65. The molecule has 2 aromatic rings. The van der Waals surface area contributed by atoms with Crippen LogP contribution in [0.2, 0.25) is 0 Å². The Balaban J connectivity index is 2.21. The van der Waals surface area contributed by atoms with Gasteiger partial charge in [0.05, 0.1) is 12.8 Å². The molecule has 0 bridgehead atoms. The zero-order valence-electron chi connectivity index (χ0n) is 15.9. The normalized spacial score (nSPS) is 12.6. The summed E-state index contributed by atoms with van der Waals surface area (Å²) in [7, 11) is 3.02. The SMILES string of the molecule is CNC(=O)C(NOC)c1cccc(C)c1CO/N=C(\C)c1ccc(F)cc1. The van der Waals surface area contributed by atoms with Gasteiger partial charge in [-0.05, 0) is 42.7 Å². The first-order chi connectivity index (χ1) is 13.0. The minimum absolute atomic E-state index is 0.180. The van der Waals surface area contributed by atoms with Crippen LogP contribution in [0.25, 0.3) is 0 Å². The number of nitrogens with one attached hydrogen (secondary N) is 2. The van der Waals surface area contributed by atoms with E-state index in [2.05, 4.69) is 16.0 Å². The van der Waals surface area contributed by atoms with Gasteiger partial charge in [0.25, 0.3) is 0 Å². The molecule has 0 spiro atoms. The molecule has 1 amide bonds. The van der Waals surface area contributed by atoms with E-state index >= 15 is 0 Å². The predicted octanol–water partition coefficient (Wildman–Crippen LogP) is 3.01. The highest BCUT2D eigenvalue weighted by Gasteiger charge is 2.23. The minimum Gasteiger partial charge on any atom is -0.391 e. The largest absolute Gasteiger partial charge is 0.391 e. The Bertz CT molecular complexity index is 807. The number of aryl methyl sites for hydroxylation is 1. The van der Waals surface area contributed by atoms with Crippen LogP contribution in [0.3, 0.4) is 0 Å². The van der Waals surface area contributed by atoms with E-state index in [9.17, 15) is 9.18 Å². The van der Waals surface area contributed by atoms with Crippen molar-refractivity contribution in [2.24, 2.45) is 5.16 Å². The molecule has 0 aliphatic heterocycles. The van der Waals surface area contributed by atoms with Crippen LogP contribution in [-0.2, 0) is 21.1 Å². The summed E-state index contributed by atoms with van der Waals surface area (Å²) in [6.45, 7) is 3.90. The molecule has 0 radical (unpaired) electrons. The van der Waals surface area contributed by atoms with Gasteiger partial charge in [-0.15, -0.1) is 0 Å². The summed E-state index contributed by atoms with van der Waals surface area (Å²) in [4.78, 5) is 22.7. The Morgan fingerprint density at radius 3 is 2.56 bits per heavy atom. The maximum atomic E-state index is 13.0. The van der Waals surface area contributed by atoms with Crippen LogP contribution in [0.1, 0.15) is 35.2 Å². The Morgan fingerprint density at radius 1 is 1.22 bits per heavy atom. The van der Waals surface area contributed by atoms with Gasteiger partial charge in [-0.25, -0.2) is 4.39 Å². The van der Waals surface area contributed by atoms with Crippen LogP contribution in [0.5, 0.6) is 0 Å². The highest BCUT2D eigenvalue weighted by molar-refractivity contribution is 5.98. The van der Waals surface area contributed by atoms with Gasteiger partial charge in [-0.2, -0.15) is 5.48 Å². The number of rotatable bonds is 8. The quantitative estimate of drug-likeness (QED) is 0.551. The van der Waals surface area contributed by atoms with Crippen LogP contribution in [0.4, 0.5) is 4.39 Å². The number of carbonyl (C=O) groups excluding carboxylic acids is 1. The van der Waals surface area contributed by atoms with Gasteiger partial charge in [0, 0.05) is 12.6 Å². The fourth-order valence-corrected chi connectivity index (χ4v) is 2.65. The first kappa shape index (κ1) is 20.5. The van der Waals surface area contributed by atoms with E-state index < -0.39 is 6.04 Å². The molecule has 0 aliphatic carbocycles. The van der Waals surface area contributed by atoms with Gasteiger partial charge < -0.3 is 15.0 Å². The lowest BCUT2D eigenvalue weighted by atomic mass is 9.96. The molecule has 0 saturated carbocycles. The summed E-state index contributed by atoms with van der Waals surface area (Å²) in [6, 6.07) is 11.0. The standard InChI is InChI=1S/C20H24FN3O3/c1-13-6-5-7-17(19(24-26-4)20(25)22-3)18(13)12-27-23-14(2)15-8-10-16(21)11-9-15/h5-11,19,24H,12H2,1-4H3,(H,22,25)/b23-14+. The van der Waals surface area contributed by atoms with Gasteiger partial charge in [0.1, 0.15) is 18.5 Å². The summed E-state index contributed by atoms with van der Waals surface area (Å²) >= 11 is 0. The molecule has 144 valence electrons. The number of halogens is 1. The number of hydrogen-bond acceptors (Lipinski definition) is 5. The van der Waals surface area contributed by atoms with E-state index in [0.29, 0.717) is 5.71 Å². The van der Waals surface area contributed by atoms with Crippen molar-refractivity contribution in [1.82, 2.24) is 10.8 Å². The van der Waals surface area contributed by atoms with Gasteiger partial charge in [0.2, 0.25) is 5.91 Å². The van der Waals surface area contributed by atoms with Gasteiger partial charge in [-0.1, -0.05) is 35.5 Å². The van der Waals surface area contributed by atoms with Crippen molar-refractivity contribution in [3.8, 4) is 0 Å². The van der Waals surface area contributed by atoms with Gasteiger partial charge in [0.15, 0.2) is 0 Å². The van der Waals surface area contributed by atoms with E-state index in [1.807, 2.05) is 25.1 Å². The van der Waals surface area contributed by atoms with Crippen LogP contribution < -0.4 is 10.8 Å². The molecule has 0 fully saturated rings. The van der Waals surface area contributed by atoms with E-state index in [0.717, 1.165) is 22.3 Å². The van der Waals surface area contributed by atoms with E-state index in [4.69, 9.17) is 9.68 Å². The number of nitrogens with zero attached hydrogens (tertiary/aromatic N) is 1.